The lowest BCUT2D eigenvalue weighted by Crippen LogP contribution is -2.46. The number of terminal acetylenes is 1. The summed E-state index contributed by atoms with van der Waals surface area (Å²) in [4.78, 5) is 19.9. The van der Waals surface area contributed by atoms with E-state index in [1.54, 1.807) is 0 Å². The van der Waals surface area contributed by atoms with E-state index in [-0.39, 0.29) is 11.8 Å². The van der Waals surface area contributed by atoms with Crippen LogP contribution in [0, 0.1) is 18.3 Å². The number of piperazine rings is 1. The summed E-state index contributed by atoms with van der Waals surface area (Å²) in [5, 5.41) is 3.20. The van der Waals surface area contributed by atoms with E-state index in [0.29, 0.717) is 13.1 Å². The number of piperidine rings is 1. The number of carbonyl (C=O) groups excluding carboxylic acids is 1. The molecule has 0 spiro atoms. The molecular weight excluding hydrogens is 396 g/mol. The van der Waals surface area contributed by atoms with Gasteiger partial charge in [-0.2, -0.15) is 0 Å². The van der Waals surface area contributed by atoms with Crippen LogP contribution in [0.1, 0.15) is 24.0 Å². The monoisotopic (exact) mass is 430 g/mol. The van der Waals surface area contributed by atoms with Crippen LogP contribution in [0.25, 0.3) is 0 Å². The summed E-state index contributed by atoms with van der Waals surface area (Å²) in [7, 11) is 0. The highest BCUT2D eigenvalue weighted by molar-refractivity contribution is 5.78. The van der Waals surface area contributed by atoms with Crippen molar-refractivity contribution in [3.63, 3.8) is 0 Å². The fraction of sp³-hybridized carbons (Fsp3) is 0.444. The Morgan fingerprint density at radius 2 is 1.53 bits per heavy atom. The SMILES string of the molecule is C#CCN1CCC(C(=O)NCc2ccccc2CN2CCN(c3ccccc3)CC2)CC1. The highest BCUT2D eigenvalue weighted by atomic mass is 16.1. The predicted octanol–water partition coefficient (Wildman–Crippen LogP) is 2.97. The second kappa shape index (κ2) is 11.2. The molecule has 1 amide bonds. The molecule has 2 aromatic carbocycles. The van der Waals surface area contributed by atoms with Crippen molar-refractivity contribution >= 4 is 11.6 Å². The van der Waals surface area contributed by atoms with Gasteiger partial charge in [-0.3, -0.25) is 14.6 Å². The smallest absolute Gasteiger partial charge is 0.223 e. The van der Waals surface area contributed by atoms with Crippen LogP contribution in [0.15, 0.2) is 54.6 Å². The lowest BCUT2D eigenvalue weighted by atomic mass is 9.95. The lowest BCUT2D eigenvalue weighted by Gasteiger charge is -2.36. The number of hydrogen-bond acceptors (Lipinski definition) is 4. The minimum absolute atomic E-state index is 0.0993. The molecule has 2 fully saturated rings. The van der Waals surface area contributed by atoms with E-state index in [1.807, 2.05) is 0 Å². The minimum atomic E-state index is 0.0993. The van der Waals surface area contributed by atoms with Crippen LogP contribution < -0.4 is 10.2 Å². The number of hydrogen-bond donors (Lipinski definition) is 1. The molecular formula is C27H34N4O. The molecule has 32 heavy (non-hydrogen) atoms. The van der Waals surface area contributed by atoms with Crippen molar-refractivity contribution in [2.75, 3.05) is 50.7 Å². The van der Waals surface area contributed by atoms with Gasteiger partial charge in [0.2, 0.25) is 5.91 Å². The van der Waals surface area contributed by atoms with Gasteiger partial charge in [-0.1, -0.05) is 48.4 Å². The number of likely N-dealkylation sites (tertiary alicyclic amines) is 1. The molecule has 2 aliphatic rings. The van der Waals surface area contributed by atoms with Crippen LogP contribution in [-0.2, 0) is 17.9 Å². The molecule has 168 valence electrons. The molecule has 0 aromatic heterocycles. The zero-order valence-corrected chi connectivity index (χ0v) is 18.9. The summed E-state index contributed by atoms with van der Waals surface area (Å²) in [5.74, 6) is 2.97. The van der Waals surface area contributed by atoms with Gasteiger partial charge in [0.15, 0.2) is 0 Å². The van der Waals surface area contributed by atoms with Crippen LogP contribution in [0.5, 0.6) is 0 Å². The van der Waals surface area contributed by atoms with Gasteiger partial charge in [-0.15, -0.1) is 6.42 Å². The van der Waals surface area contributed by atoms with Crippen molar-refractivity contribution in [1.29, 1.82) is 0 Å². The van der Waals surface area contributed by atoms with Crippen molar-refractivity contribution in [3.05, 3.63) is 65.7 Å². The van der Waals surface area contributed by atoms with Crippen molar-refractivity contribution in [1.82, 2.24) is 15.1 Å². The highest BCUT2D eigenvalue weighted by Crippen LogP contribution is 2.20. The predicted molar refractivity (Wildman–Crippen MR) is 130 cm³/mol. The molecule has 2 saturated heterocycles. The Hall–Kier alpha value is -2.81. The fourth-order valence-corrected chi connectivity index (χ4v) is 4.74. The van der Waals surface area contributed by atoms with E-state index in [2.05, 4.69) is 80.5 Å². The van der Waals surface area contributed by atoms with Gasteiger partial charge >= 0.3 is 0 Å². The van der Waals surface area contributed by atoms with Gasteiger partial charge < -0.3 is 10.2 Å². The van der Waals surface area contributed by atoms with Gasteiger partial charge in [0.05, 0.1) is 6.54 Å². The number of benzene rings is 2. The van der Waals surface area contributed by atoms with E-state index in [4.69, 9.17) is 6.42 Å². The third-order valence-electron chi connectivity index (χ3n) is 6.73. The Bertz CT molecular complexity index is 907. The molecule has 5 nitrogen and oxygen atoms in total. The molecule has 0 radical (unpaired) electrons. The molecule has 2 aromatic rings. The number of anilines is 1. The van der Waals surface area contributed by atoms with Gasteiger partial charge in [0, 0.05) is 50.9 Å². The zero-order chi connectivity index (χ0) is 22.2. The first kappa shape index (κ1) is 22.4. The van der Waals surface area contributed by atoms with E-state index >= 15 is 0 Å². The number of carbonyl (C=O) groups is 1. The summed E-state index contributed by atoms with van der Waals surface area (Å²) in [6.45, 7) is 8.21. The second-order valence-corrected chi connectivity index (χ2v) is 8.84. The topological polar surface area (TPSA) is 38.8 Å². The Kier molecular flexibility index (Phi) is 7.82. The molecule has 0 bridgehead atoms. The molecule has 0 atom stereocenters. The number of rotatable bonds is 7. The largest absolute Gasteiger partial charge is 0.369 e. The Balaban J connectivity index is 1.26. The Morgan fingerprint density at radius 1 is 0.875 bits per heavy atom. The third kappa shape index (κ3) is 5.91. The molecule has 0 aliphatic carbocycles. The number of nitrogens with one attached hydrogen (secondary N) is 1. The summed E-state index contributed by atoms with van der Waals surface area (Å²) >= 11 is 0. The first-order valence-corrected chi connectivity index (χ1v) is 11.8. The van der Waals surface area contributed by atoms with E-state index in [0.717, 1.165) is 58.7 Å². The molecule has 2 aliphatic heterocycles. The number of amides is 1. The first-order chi connectivity index (χ1) is 15.7. The second-order valence-electron chi connectivity index (χ2n) is 8.84. The average Bonchev–Trinajstić information content (AvgIpc) is 2.85. The quantitative estimate of drug-likeness (QED) is 0.686. The minimum Gasteiger partial charge on any atom is -0.369 e. The van der Waals surface area contributed by atoms with Crippen LogP contribution >= 0.6 is 0 Å². The van der Waals surface area contributed by atoms with Crippen LogP contribution in [0.4, 0.5) is 5.69 Å². The number of para-hydroxylation sites is 1. The van der Waals surface area contributed by atoms with E-state index < -0.39 is 0 Å². The van der Waals surface area contributed by atoms with E-state index in [9.17, 15) is 4.79 Å². The average molecular weight is 431 g/mol. The standard InChI is InChI=1S/C27H34N4O/c1-2-14-29-15-12-23(13-16-29)27(32)28-21-24-8-6-7-9-25(24)22-30-17-19-31(20-18-30)26-10-4-3-5-11-26/h1,3-11,23H,12-22H2,(H,28,32). The summed E-state index contributed by atoms with van der Waals surface area (Å²) in [6, 6.07) is 19.2. The third-order valence-corrected chi connectivity index (χ3v) is 6.73. The van der Waals surface area contributed by atoms with Crippen molar-refractivity contribution in [2.24, 2.45) is 5.92 Å². The molecule has 0 saturated carbocycles. The Labute approximate surface area is 192 Å². The summed E-state index contributed by atoms with van der Waals surface area (Å²) in [5.41, 5.74) is 3.83. The van der Waals surface area contributed by atoms with Gasteiger partial charge in [-0.25, -0.2) is 0 Å². The maximum Gasteiger partial charge on any atom is 0.223 e. The number of nitrogens with zero attached hydrogens (tertiary/aromatic N) is 3. The fourth-order valence-electron chi connectivity index (χ4n) is 4.74. The molecule has 1 N–H and O–H groups in total. The molecule has 0 unspecified atom stereocenters. The first-order valence-electron chi connectivity index (χ1n) is 11.8. The van der Waals surface area contributed by atoms with Gasteiger partial charge in [0.25, 0.3) is 0 Å². The normalized spacial score (nSPS) is 18.3. The summed E-state index contributed by atoms with van der Waals surface area (Å²) < 4.78 is 0. The van der Waals surface area contributed by atoms with Crippen molar-refractivity contribution < 1.29 is 4.79 Å². The van der Waals surface area contributed by atoms with Crippen molar-refractivity contribution in [2.45, 2.75) is 25.9 Å². The maximum atomic E-state index is 12.7. The van der Waals surface area contributed by atoms with Crippen LogP contribution in [-0.4, -0.2) is 61.5 Å². The maximum absolute atomic E-state index is 12.7. The zero-order valence-electron chi connectivity index (χ0n) is 18.9. The summed E-state index contributed by atoms with van der Waals surface area (Å²) in [6.07, 6.45) is 7.18. The van der Waals surface area contributed by atoms with Gasteiger partial charge in [-0.05, 0) is 49.2 Å². The lowest BCUT2D eigenvalue weighted by molar-refractivity contribution is -0.126. The molecule has 5 heteroatoms. The van der Waals surface area contributed by atoms with Gasteiger partial charge in [0.1, 0.15) is 0 Å². The Morgan fingerprint density at radius 3 is 2.22 bits per heavy atom. The van der Waals surface area contributed by atoms with Crippen LogP contribution in [0.3, 0.4) is 0 Å². The molecule has 4 rings (SSSR count). The van der Waals surface area contributed by atoms with Crippen molar-refractivity contribution in [3.8, 4) is 12.3 Å². The highest BCUT2D eigenvalue weighted by Gasteiger charge is 2.24. The molecule has 2 heterocycles. The van der Waals surface area contributed by atoms with E-state index in [1.165, 1.54) is 16.8 Å². The van der Waals surface area contributed by atoms with Crippen LogP contribution in [0.2, 0.25) is 0 Å².